The molecule has 0 aliphatic rings. The van der Waals surface area contributed by atoms with E-state index in [-0.39, 0.29) is 11.3 Å². The molecule has 1 amide bonds. The number of carbonyl (C=O) groups is 1. The first kappa shape index (κ1) is 14.6. The minimum atomic E-state index is -0.423. The molecule has 0 aliphatic carbocycles. The Morgan fingerprint density at radius 3 is 2.75 bits per heavy atom. The van der Waals surface area contributed by atoms with Crippen molar-refractivity contribution in [1.29, 1.82) is 0 Å². The Morgan fingerprint density at radius 1 is 1.40 bits per heavy atom. The zero-order valence-corrected chi connectivity index (χ0v) is 12.3. The number of rotatable bonds is 5. The SMILES string of the molecule is CC(C)Cn1c(SCC(N)=O)nc2ccccc2c1=O. The van der Waals surface area contributed by atoms with E-state index in [0.717, 1.165) is 0 Å². The topological polar surface area (TPSA) is 78.0 Å². The Morgan fingerprint density at radius 2 is 2.10 bits per heavy atom. The Kier molecular flexibility index (Phi) is 4.44. The molecule has 6 heteroatoms. The Balaban J connectivity index is 2.57. The number of benzene rings is 1. The fraction of sp³-hybridized carbons (Fsp3) is 0.357. The number of carbonyl (C=O) groups excluding carboxylic acids is 1. The molecule has 1 aromatic carbocycles. The number of fused-ring (bicyclic) bond motifs is 1. The molecule has 0 unspecified atom stereocenters. The summed E-state index contributed by atoms with van der Waals surface area (Å²) in [6.45, 7) is 4.63. The van der Waals surface area contributed by atoms with Crippen molar-refractivity contribution in [2.45, 2.75) is 25.5 Å². The summed E-state index contributed by atoms with van der Waals surface area (Å²) in [5.74, 6) is 0.000163. The van der Waals surface area contributed by atoms with Gasteiger partial charge in [-0.3, -0.25) is 14.2 Å². The summed E-state index contributed by atoms with van der Waals surface area (Å²) in [5.41, 5.74) is 5.74. The summed E-state index contributed by atoms with van der Waals surface area (Å²) in [5, 5.41) is 1.14. The van der Waals surface area contributed by atoms with Crippen molar-refractivity contribution in [3.05, 3.63) is 34.6 Å². The van der Waals surface area contributed by atoms with Crippen molar-refractivity contribution >= 4 is 28.6 Å². The number of primary amides is 1. The van der Waals surface area contributed by atoms with Crippen molar-refractivity contribution in [3.63, 3.8) is 0 Å². The second kappa shape index (κ2) is 6.09. The van der Waals surface area contributed by atoms with Gasteiger partial charge in [0.05, 0.1) is 16.7 Å². The third-order valence-corrected chi connectivity index (χ3v) is 3.72. The minimum absolute atomic E-state index is 0.0729. The van der Waals surface area contributed by atoms with E-state index < -0.39 is 5.91 Å². The van der Waals surface area contributed by atoms with Crippen molar-refractivity contribution in [2.75, 3.05) is 5.75 Å². The average Bonchev–Trinajstić information content (AvgIpc) is 2.39. The van der Waals surface area contributed by atoms with Gasteiger partial charge in [0.25, 0.3) is 5.56 Å². The second-order valence-corrected chi connectivity index (χ2v) is 5.92. The standard InChI is InChI=1S/C14H17N3O2S/c1-9(2)7-17-13(19)10-5-3-4-6-11(10)16-14(17)20-8-12(15)18/h3-6,9H,7-8H2,1-2H3,(H2,15,18). The maximum atomic E-state index is 12.5. The lowest BCUT2D eigenvalue weighted by Crippen LogP contribution is -2.26. The number of nitrogens with zero attached hydrogens (tertiary/aromatic N) is 2. The number of hydrogen-bond acceptors (Lipinski definition) is 4. The minimum Gasteiger partial charge on any atom is -0.369 e. The van der Waals surface area contributed by atoms with E-state index in [2.05, 4.69) is 4.98 Å². The largest absolute Gasteiger partial charge is 0.369 e. The summed E-state index contributed by atoms with van der Waals surface area (Å²) >= 11 is 1.20. The number of amides is 1. The van der Waals surface area contributed by atoms with Crippen LogP contribution < -0.4 is 11.3 Å². The second-order valence-electron chi connectivity index (χ2n) is 4.98. The van der Waals surface area contributed by atoms with E-state index in [1.165, 1.54) is 11.8 Å². The molecule has 2 rings (SSSR count). The number of hydrogen-bond donors (Lipinski definition) is 1. The molecule has 2 aromatic rings. The number of aromatic nitrogens is 2. The van der Waals surface area contributed by atoms with Crippen LogP contribution in [0.25, 0.3) is 10.9 Å². The van der Waals surface area contributed by atoms with Gasteiger partial charge in [-0.05, 0) is 18.1 Å². The summed E-state index contributed by atoms with van der Waals surface area (Å²) in [7, 11) is 0. The van der Waals surface area contributed by atoms with Gasteiger partial charge in [-0.1, -0.05) is 37.7 Å². The molecule has 1 heterocycles. The molecule has 1 aromatic heterocycles. The van der Waals surface area contributed by atoms with Crippen LogP contribution >= 0.6 is 11.8 Å². The molecule has 0 atom stereocenters. The van der Waals surface area contributed by atoms with Crippen LogP contribution in [0, 0.1) is 5.92 Å². The lowest BCUT2D eigenvalue weighted by atomic mass is 10.2. The summed E-state index contributed by atoms with van der Waals surface area (Å²) in [6, 6.07) is 7.22. The van der Waals surface area contributed by atoms with E-state index in [0.29, 0.717) is 28.5 Å². The van der Waals surface area contributed by atoms with Gasteiger partial charge in [-0.25, -0.2) is 4.98 Å². The van der Waals surface area contributed by atoms with E-state index in [9.17, 15) is 9.59 Å². The number of thioether (sulfide) groups is 1. The van der Waals surface area contributed by atoms with E-state index in [4.69, 9.17) is 5.73 Å². The Labute approximate surface area is 121 Å². The van der Waals surface area contributed by atoms with Gasteiger partial charge in [0, 0.05) is 6.54 Å². The molecule has 0 saturated carbocycles. The highest BCUT2D eigenvalue weighted by Gasteiger charge is 2.13. The predicted octanol–water partition coefficient (Wildman–Crippen LogP) is 1.63. The lowest BCUT2D eigenvalue weighted by molar-refractivity contribution is -0.115. The molecule has 0 saturated heterocycles. The van der Waals surface area contributed by atoms with Crippen LogP contribution in [-0.4, -0.2) is 21.2 Å². The zero-order chi connectivity index (χ0) is 14.7. The van der Waals surface area contributed by atoms with Gasteiger partial charge in [-0.15, -0.1) is 0 Å². The Hall–Kier alpha value is -1.82. The Bertz CT molecular complexity index is 694. The quantitative estimate of drug-likeness (QED) is 0.671. The van der Waals surface area contributed by atoms with Gasteiger partial charge in [0.2, 0.25) is 5.91 Å². The smallest absolute Gasteiger partial charge is 0.262 e. The van der Waals surface area contributed by atoms with Crippen LogP contribution in [-0.2, 0) is 11.3 Å². The summed E-state index contributed by atoms with van der Waals surface area (Å²) in [6.07, 6.45) is 0. The van der Waals surface area contributed by atoms with Crippen LogP contribution in [0.3, 0.4) is 0 Å². The third kappa shape index (κ3) is 3.19. The lowest BCUT2D eigenvalue weighted by Gasteiger charge is -2.14. The molecule has 20 heavy (non-hydrogen) atoms. The van der Waals surface area contributed by atoms with E-state index in [1.54, 1.807) is 16.7 Å². The maximum absolute atomic E-state index is 12.5. The monoisotopic (exact) mass is 291 g/mol. The first-order valence-electron chi connectivity index (χ1n) is 6.39. The van der Waals surface area contributed by atoms with Crippen LogP contribution in [0.15, 0.2) is 34.2 Å². The van der Waals surface area contributed by atoms with Gasteiger partial charge < -0.3 is 5.73 Å². The molecule has 106 valence electrons. The molecule has 0 bridgehead atoms. The molecule has 0 fully saturated rings. The normalized spacial score (nSPS) is 11.2. The van der Waals surface area contributed by atoms with E-state index >= 15 is 0 Å². The van der Waals surface area contributed by atoms with Crippen molar-refractivity contribution in [2.24, 2.45) is 11.7 Å². The van der Waals surface area contributed by atoms with Crippen LogP contribution in [0.2, 0.25) is 0 Å². The molecule has 2 N–H and O–H groups in total. The predicted molar refractivity (Wildman–Crippen MR) is 80.8 cm³/mol. The molecule has 0 radical (unpaired) electrons. The van der Waals surface area contributed by atoms with Gasteiger partial charge in [0.1, 0.15) is 0 Å². The first-order valence-corrected chi connectivity index (χ1v) is 7.38. The van der Waals surface area contributed by atoms with E-state index in [1.807, 2.05) is 26.0 Å². The van der Waals surface area contributed by atoms with Crippen molar-refractivity contribution in [3.8, 4) is 0 Å². The van der Waals surface area contributed by atoms with Crippen molar-refractivity contribution < 1.29 is 4.79 Å². The molecular formula is C14H17N3O2S. The van der Waals surface area contributed by atoms with Crippen molar-refractivity contribution in [1.82, 2.24) is 9.55 Å². The zero-order valence-electron chi connectivity index (χ0n) is 11.5. The number of para-hydroxylation sites is 1. The van der Waals surface area contributed by atoms with Gasteiger partial charge in [-0.2, -0.15) is 0 Å². The molecule has 5 nitrogen and oxygen atoms in total. The fourth-order valence-corrected chi connectivity index (χ4v) is 2.67. The van der Waals surface area contributed by atoms with Crippen LogP contribution in [0.5, 0.6) is 0 Å². The highest BCUT2D eigenvalue weighted by Crippen LogP contribution is 2.18. The van der Waals surface area contributed by atoms with Crippen LogP contribution in [0.4, 0.5) is 0 Å². The van der Waals surface area contributed by atoms with Gasteiger partial charge in [0.15, 0.2) is 5.16 Å². The highest BCUT2D eigenvalue weighted by atomic mass is 32.2. The summed E-state index contributed by atoms with van der Waals surface area (Å²) in [4.78, 5) is 27.9. The van der Waals surface area contributed by atoms with Gasteiger partial charge >= 0.3 is 0 Å². The third-order valence-electron chi connectivity index (χ3n) is 2.72. The summed E-state index contributed by atoms with van der Waals surface area (Å²) < 4.78 is 1.63. The fourth-order valence-electron chi connectivity index (χ4n) is 1.92. The highest BCUT2D eigenvalue weighted by molar-refractivity contribution is 7.99. The average molecular weight is 291 g/mol. The molecule has 0 aliphatic heterocycles. The maximum Gasteiger partial charge on any atom is 0.262 e. The molecular weight excluding hydrogens is 274 g/mol. The van der Waals surface area contributed by atoms with Crippen LogP contribution in [0.1, 0.15) is 13.8 Å². The molecule has 0 spiro atoms. The first-order chi connectivity index (χ1) is 9.49. The number of nitrogens with two attached hydrogens (primary N) is 1.